The number of aryl methyl sites for hydroxylation is 2. The summed E-state index contributed by atoms with van der Waals surface area (Å²) >= 11 is 3.52. The second kappa shape index (κ2) is 3.66. The van der Waals surface area contributed by atoms with Crippen molar-refractivity contribution in [3.05, 3.63) is 28.2 Å². The number of nitrogens with zero attached hydrogens (tertiary/aromatic N) is 3. The molecule has 0 bridgehead atoms. The fourth-order valence-corrected chi connectivity index (χ4v) is 1.77. The summed E-state index contributed by atoms with van der Waals surface area (Å²) in [6.07, 6.45) is 0. The minimum atomic E-state index is 0.415. The van der Waals surface area contributed by atoms with Crippen molar-refractivity contribution in [3.8, 4) is 11.4 Å². The summed E-state index contributed by atoms with van der Waals surface area (Å²) in [5.74, 6) is 1.06. The number of nitrogens with two attached hydrogens (primary N) is 1. The van der Waals surface area contributed by atoms with E-state index in [4.69, 9.17) is 5.73 Å². The Bertz CT molecular complexity index is 485. The molecule has 0 saturated carbocycles. The zero-order chi connectivity index (χ0) is 11.0. The van der Waals surface area contributed by atoms with Gasteiger partial charge in [-0.2, -0.15) is 4.98 Å². The maximum absolute atomic E-state index is 5.64. The van der Waals surface area contributed by atoms with E-state index in [0.29, 0.717) is 11.8 Å². The molecule has 78 valence electrons. The number of benzene rings is 1. The van der Waals surface area contributed by atoms with Crippen molar-refractivity contribution >= 4 is 21.9 Å². The Hall–Kier alpha value is -1.36. The second-order valence-corrected chi connectivity index (χ2v) is 4.15. The summed E-state index contributed by atoms with van der Waals surface area (Å²) in [7, 11) is 1.77. The highest BCUT2D eigenvalue weighted by molar-refractivity contribution is 9.10. The zero-order valence-corrected chi connectivity index (χ0v) is 10.1. The topological polar surface area (TPSA) is 56.7 Å². The van der Waals surface area contributed by atoms with Gasteiger partial charge in [0.05, 0.1) is 0 Å². The van der Waals surface area contributed by atoms with Crippen LogP contribution in [-0.4, -0.2) is 14.8 Å². The highest BCUT2D eigenvalue weighted by Crippen LogP contribution is 2.28. The van der Waals surface area contributed by atoms with Crippen molar-refractivity contribution in [1.82, 2.24) is 14.8 Å². The fourth-order valence-electron chi connectivity index (χ4n) is 1.33. The van der Waals surface area contributed by atoms with E-state index in [1.807, 2.05) is 25.1 Å². The minimum absolute atomic E-state index is 0.415. The van der Waals surface area contributed by atoms with Crippen LogP contribution in [-0.2, 0) is 7.05 Å². The molecule has 1 aromatic carbocycles. The van der Waals surface area contributed by atoms with Crippen LogP contribution >= 0.6 is 15.9 Å². The van der Waals surface area contributed by atoms with Gasteiger partial charge in [-0.1, -0.05) is 12.1 Å². The van der Waals surface area contributed by atoms with Crippen LogP contribution in [0.25, 0.3) is 11.4 Å². The van der Waals surface area contributed by atoms with Crippen LogP contribution in [0.15, 0.2) is 22.7 Å². The first-order valence-corrected chi connectivity index (χ1v) is 5.31. The summed E-state index contributed by atoms with van der Waals surface area (Å²) in [5.41, 5.74) is 7.75. The van der Waals surface area contributed by atoms with Crippen LogP contribution in [0.3, 0.4) is 0 Å². The smallest absolute Gasteiger partial charge is 0.218 e. The number of aromatic nitrogens is 3. The van der Waals surface area contributed by atoms with E-state index >= 15 is 0 Å². The van der Waals surface area contributed by atoms with Crippen molar-refractivity contribution < 1.29 is 0 Å². The van der Waals surface area contributed by atoms with Crippen molar-refractivity contribution in [1.29, 1.82) is 0 Å². The monoisotopic (exact) mass is 266 g/mol. The number of halogens is 1. The summed E-state index contributed by atoms with van der Waals surface area (Å²) in [5, 5.41) is 4.23. The Kier molecular flexibility index (Phi) is 2.48. The standard InChI is InChI=1S/C10H11BrN4/c1-6-4-3-5-7(8(6)11)9-13-10(12)15(2)14-9/h3-5H,1-2H3,(H2,12,13,14). The van der Waals surface area contributed by atoms with Gasteiger partial charge in [0, 0.05) is 17.1 Å². The lowest BCUT2D eigenvalue weighted by Crippen LogP contribution is -1.97. The van der Waals surface area contributed by atoms with Crippen LogP contribution in [0.2, 0.25) is 0 Å². The Morgan fingerprint density at radius 3 is 2.73 bits per heavy atom. The fraction of sp³-hybridized carbons (Fsp3) is 0.200. The third-order valence-corrected chi connectivity index (χ3v) is 3.28. The second-order valence-electron chi connectivity index (χ2n) is 3.35. The molecule has 0 aliphatic carbocycles. The maximum Gasteiger partial charge on any atom is 0.218 e. The summed E-state index contributed by atoms with van der Waals surface area (Å²) in [6, 6.07) is 5.97. The average molecular weight is 267 g/mol. The molecular formula is C10H11BrN4. The molecule has 0 fully saturated rings. The molecular weight excluding hydrogens is 256 g/mol. The van der Waals surface area contributed by atoms with E-state index in [1.165, 1.54) is 0 Å². The summed E-state index contributed by atoms with van der Waals surface area (Å²) in [4.78, 5) is 4.18. The Balaban J connectivity index is 2.59. The van der Waals surface area contributed by atoms with Crippen LogP contribution in [0.1, 0.15) is 5.56 Å². The molecule has 1 aromatic heterocycles. The van der Waals surface area contributed by atoms with E-state index in [2.05, 4.69) is 26.0 Å². The highest BCUT2D eigenvalue weighted by atomic mass is 79.9. The summed E-state index contributed by atoms with van der Waals surface area (Å²) in [6.45, 7) is 2.03. The Morgan fingerprint density at radius 2 is 2.13 bits per heavy atom. The Morgan fingerprint density at radius 1 is 1.40 bits per heavy atom. The average Bonchev–Trinajstić information content (AvgIpc) is 2.51. The minimum Gasteiger partial charge on any atom is -0.368 e. The SMILES string of the molecule is Cc1cccc(-c2nc(N)n(C)n2)c1Br. The van der Waals surface area contributed by atoms with Crippen LogP contribution < -0.4 is 5.73 Å². The number of hydrogen-bond acceptors (Lipinski definition) is 3. The van der Waals surface area contributed by atoms with Gasteiger partial charge >= 0.3 is 0 Å². The van der Waals surface area contributed by atoms with E-state index in [0.717, 1.165) is 15.6 Å². The molecule has 0 spiro atoms. The van der Waals surface area contributed by atoms with Crippen molar-refractivity contribution in [3.63, 3.8) is 0 Å². The first kappa shape index (κ1) is 10.2. The largest absolute Gasteiger partial charge is 0.368 e. The van der Waals surface area contributed by atoms with Crippen molar-refractivity contribution in [2.45, 2.75) is 6.92 Å². The number of anilines is 1. The van der Waals surface area contributed by atoms with Crippen LogP contribution in [0.5, 0.6) is 0 Å². The molecule has 0 unspecified atom stereocenters. The van der Waals surface area contributed by atoms with Gasteiger partial charge in [-0.05, 0) is 34.5 Å². The van der Waals surface area contributed by atoms with Gasteiger partial charge in [-0.15, -0.1) is 5.10 Å². The molecule has 0 saturated heterocycles. The molecule has 0 radical (unpaired) electrons. The van der Waals surface area contributed by atoms with Gasteiger partial charge in [0.15, 0.2) is 5.82 Å². The van der Waals surface area contributed by atoms with Gasteiger partial charge in [0.1, 0.15) is 0 Å². The molecule has 4 nitrogen and oxygen atoms in total. The van der Waals surface area contributed by atoms with E-state index < -0.39 is 0 Å². The van der Waals surface area contributed by atoms with Gasteiger partial charge in [0.2, 0.25) is 5.95 Å². The van der Waals surface area contributed by atoms with Gasteiger partial charge < -0.3 is 5.73 Å². The lowest BCUT2D eigenvalue weighted by Gasteiger charge is -2.02. The number of rotatable bonds is 1. The molecule has 15 heavy (non-hydrogen) atoms. The first-order chi connectivity index (χ1) is 7.09. The molecule has 2 rings (SSSR count). The molecule has 5 heteroatoms. The van der Waals surface area contributed by atoms with Crippen molar-refractivity contribution in [2.75, 3.05) is 5.73 Å². The normalized spacial score (nSPS) is 10.6. The molecule has 0 amide bonds. The predicted octanol–water partition coefficient (Wildman–Crippen LogP) is 2.14. The van der Waals surface area contributed by atoms with E-state index in [9.17, 15) is 0 Å². The zero-order valence-electron chi connectivity index (χ0n) is 8.53. The maximum atomic E-state index is 5.64. The third kappa shape index (κ3) is 1.74. The van der Waals surface area contributed by atoms with Gasteiger partial charge in [0.25, 0.3) is 0 Å². The number of hydrogen-bond donors (Lipinski definition) is 1. The molecule has 0 atom stereocenters. The van der Waals surface area contributed by atoms with E-state index in [-0.39, 0.29) is 0 Å². The van der Waals surface area contributed by atoms with Crippen molar-refractivity contribution in [2.24, 2.45) is 7.05 Å². The third-order valence-electron chi connectivity index (χ3n) is 2.23. The highest BCUT2D eigenvalue weighted by Gasteiger charge is 2.10. The quantitative estimate of drug-likeness (QED) is 0.861. The van der Waals surface area contributed by atoms with Crippen LogP contribution in [0, 0.1) is 6.92 Å². The number of nitrogen functional groups attached to an aromatic ring is 1. The summed E-state index contributed by atoms with van der Waals surface area (Å²) < 4.78 is 2.57. The van der Waals surface area contributed by atoms with Gasteiger partial charge in [-0.3, -0.25) is 0 Å². The lowest BCUT2D eigenvalue weighted by atomic mass is 10.1. The lowest BCUT2D eigenvalue weighted by molar-refractivity contribution is 0.780. The van der Waals surface area contributed by atoms with Crippen LogP contribution in [0.4, 0.5) is 5.95 Å². The molecule has 0 aliphatic rings. The molecule has 0 aliphatic heterocycles. The molecule has 1 heterocycles. The predicted molar refractivity (Wildman–Crippen MR) is 63.3 cm³/mol. The van der Waals surface area contributed by atoms with Gasteiger partial charge in [-0.25, -0.2) is 4.68 Å². The van der Waals surface area contributed by atoms with E-state index in [1.54, 1.807) is 11.7 Å². The molecule has 2 N–H and O–H groups in total. The Labute approximate surface area is 96.3 Å². The molecule has 2 aromatic rings. The first-order valence-electron chi connectivity index (χ1n) is 4.51.